The maximum absolute atomic E-state index is 6.74. The second-order valence-corrected chi connectivity index (χ2v) is 8.45. The Bertz CT molecular complexity index is 1250. The lowest BCUT2D eigenvalue weighted by atomic mass is 10.2. The van der Waals surface area contributed by atoms with Gasteiger partial charge in [-0.2, -0.15) is 0 Å². The van der Waals surface area contributed by atoms with Crippen molar-refractivity contribution < 1.29 is 14.2 Å². The van der Waals surface area contributed by atoms with Gasteiger partial charge >= 0.3 is 0 Å². The fourth-order valence-corrected chi connectivity index (χ4v) is 4.46. The Morgan fingerprint density at radius 3 is 2.41 bits per heavy atom. The van der Waals surface area contributed by atoms with E-state index in [0.29, 0.717) is 13.2 Å². The maximum Gasteiger partial charge on any atom is 0.229 e. The number of nitrogens with one attached hydrogen (secondary N) is 1. The van der Waals surface area contributed by atoms with Gasteiger partial charge in [0.15, 0.2) is 0 Å². The van der Waals surface area contributed by atoms with E-state index in [2.05, 4.69) is 64.2 Å². The first kappa shape index (κ1) is 22.3. The Balaban J connectivity index is 1.73. The van der Waals surface area contributed by atoms with Crippen molar-refractivity contribution in [3.05, 3.63) is 78.4 Å². The number of nitrogens with zero attached hydrogens (tertiary/aromatic N) is 2. The van der Waals surface area contributed by atoms with Gasteiger partial charge < -0.3 is 24.4 Å². The Labute approximate surface area is 200 Å². The zero-order valence-corrected chi connectivity index (χ0v) is 19.8. The molecule has 2 heterocycles. The van der Waals surface area contributed by atoms with Gasteiger partial charge in [0.25, 0.3) is 0 Å². The topological polar surface area (TPSA) is 47.9 Å². The molecule has 1 aliphatic rings. The standard InChI is InChI=1S/C28H31N3O3/c1-21-8-6-7-11-26(21)34-28-27(30-16-14-29-15-17-30)24-13-12-23(33-19-18-32-2)20-25(24)31(28)22-9-4-3-5-10-22/h3-13,20,29H,14-19H2,1-2H3. The molecule has 6 heteroatoms. The lowest BCUT2D eigenvalue weighted by Gasteiger charge is -2.30. The van der Waals surface area contributed by atoms with Crippen LogP contribution in [0.1, 0.15) is 5.56 Å². The normalized spacial score (nSPS) is 13.9. The van der Waals surface area contributed by atoms with E-state index >= 15 is 0 Å². The van der Waals surface area contributed by atoms with E-state index in [1.54, 1.807) is 7.11 Å². The van der Waals surface area contributed by atoms with Crippen LogP contribution in [0.5, 0.6) is 17.4 Å². The van der Waals surface area contributed by atoms with Crippen molar-refractivity contribution in [2.45, 2.75) is 6.92 Å². The Kier molecular flexibility index (Phi) is 6.70. The van der Waals surface area contributed by atoms with E-state index in [0.717, 1.165) is 71.4 Å². The highest BCUT2D eigenvalue weighted by Gasteiger charge is 2.26. The zero-order valence-electron chi connectivity index (χ0n) is 19.8. The third-order valence-electron chi connectivity index (χ3n) is 6.17. The highest BCUT2D eigenvalue weighted by Crippen LogP contribution is 2.45. The van der Waals surface area contributed by atoms with Crippen molar-refractivity contribution in [3.8, 4) is 23.1 Å². The van der Waals surface area contributed by atoms with Crippen LogP contribution in [-0.2, 0) is 4.74 Å². The molecule has 6 nitrogen and oxygen atoms in total. The molecule has 176 valence electrons. The summed E-state index contributed by atoms with van der Waals surface area (Å²) in [7, 11) is 1.68. The van der Waals surface area contributed by atoms with Crippen LogP contribution in [0.2, 0.25) is 0 Å². The van der Waals surface area contributed by atoms with Crippen LogP contribution in [0.4, 0.5) is 5.69 Å². The van der Waals surface area contributed by atoms with E-state index in [4.69, 9.17) is 14.2 Å². The van der Waals surface area contributed by atoms with Crippen molar-refractivity contribution in [2.24, 2.45) is 0 Å². The lowest BCUT2D eigenvalue weighted by molar-refractivity contribution is 0.146. The Morgan fingerprint density at radius 1 is 0.882 bits per heavy atom. The molecule has 5 rings (SSSR count). The number of aryl methyl sites for hydroxylation is 1. The van der Waals surface area contributed by atoms with Gasteiger partial charge in [-0.1, -0.05) is 36.4 Å². The molecule has 1 N–H and O–H groups in total. The van der Waals surface area contributed by atoms with Crippen molar-refractivity contribution in [2.75, 3.05) is 51.4 Å². The highest BCUT2D eigenvalue weighted by molar-refractivity contribution is 5.99. The molecule has 0 unspecified atom stereocenters. The summed E-state index contributed by atoms with van der Waals surface area (Å²) in [6.45, 7) is 6.86. The van der Waals surface area contributed by atoms with E-state index in [-0.39, 0.29) is 0 Å². The number of hydrogen-bond donors (Lipinski definition) is 1. The van der Waals surface area contributed by atoms with E-state index in [1.165, 1.54) is 0 Å². The van der Waals surface area contributed by atoms with Crippen LogP contribution in [0.15, 0.2) is 72.8 Å². The molecule has 0 spiro atoms. The molecule has 0 aliphatic carbocycles. The minimum atomic E-state index is 0.505. The summed E-state index contributed by atoms with van der Waals surface area (Å²) in [5.74, 6) is 2.50. The maximum atomic E-state index is 6.74. The van der Waals surface area contributed by atoms with Crippen LogP contribution < -0.4 is 19.7 Å². The number of ether oxygens (including phenoxy) is 3. The number of piperazine rings is 1. The number of fused-ring (bicyclic) bond motifs is 1. The third kappa shape index (κ3) is 4.47. The van der Waals surface area contributed by atoms with Gasteiger partial charge in [0.05, 0.1) is 12.1 Å². The zero-order chi connectivity index (χ0) is 23.3. The van der Waals surface area contributed by atoms with Gasteiger partial charge in [-0.25, -0.2) is 0 Å². The SMILES string of the molecule is COCCOc1ccc2c(N3CCNCC3)c(Oc3ccccc3C)n(-c3ccccc3)c2c1. The molecule has 1 aromatic heterocycles. The molecule has 1 fully saturated rings. The van der Waals surface area contributed by atoms with E-state index in [1.807, 2.05) is 30.3 Å². The number of hydrogen-bond acceptors (Lipinski definition) is 5. The molecule has 1 saturated heterocycles. The number of benzene rings is 3. The van der Waals surface area contributed by atoms with Crippen LogP contribution >= 0.6 is 0 Å². The summed E-state index contributed by atoms with van der Waals surface area (Å²) in [6, 6.07) is 24.8. The van der Waals surface area contributed by atoms with E-state index in [9.17, 15) is 0 Å². The predicted molar refractivity (Wildman–Crippen MR) is 137 cm³/mol. The Hall–Kier alpha value is -3.48. The van der Waals surface area contributed by atoms with Gasteiger partial charge in [0.1, 0.15) is 23.8 Å². The quantitative estimate of drug-likeness (QED) is 0.370. The summed E-state index contributed by atoms with van der Waals surface area (Å²) < 4.78 is 20.1. The van der Waals surface area contributed by atoms with Crippen molar-refractivity contribution in [3.63, 3.8) is 0 Å². The fourth-order valence-electron chi connectivity index (χ4n) is 4.46. The fraction of sp³-hybridized carbons (Fsp3) is 0.286. The van der Waals surface area contributed by atoms with Gasteiger partial charge in [0, 0.05) is 50.4 Å². The molecule has 0 atom stereocenters. The number of rotatable bonds is 8. The first-order valence-electron chi connectivity index (χ1n) is 11.8. The minimum absolute atomic E-state index is 0.505. The molecular formula is C28H31N3O3. The van der Waals surface area contributed by atoms with Crippen molar-refractivity contribution in [1.82, 2.24) is 9.88 Å². The average Bonchev–Trinajstić information content (AvgIpc) is 3.19. The van der Waals surface area contributed by atoms with Crippen molar-refractivity contribution >= 4 is 16.6 Å². The predicted octanol–water partition coefficient (Wildman–Crippen LogP) is 5.17. The van der Waals surface area contributed by atoms with Crippen LogP contribution in [0, 0.1) is 6.92 Å². The largest absolute Gasteiger partial charge is 0.491 e. The van der Waals surface area contributed by atoms with Crippen LogP contribution in [0.25, 0.3) is 16.6 Å². The molecule has 1 aliphatic heterocycles. The monoisotopic (exact) mass is 457 g/mol. The van der Waals surface area contributed by atoms with Gasteiger partial charge in [-0.3, -0.25) is 4.57 Å². The smallest absolute Gasteiger partial charge is 0.229 e. The first-order valence-corrected chi connectivity index (χ1v) is 11.8. The lowest BCUT2D eigenvalue weighted by Crippen LogP contribution is -2.43. The van der Waals surface area contributed by atoms with Crippen LogP contribution in [-0.4, -0.2) is 51.1 Å². The highest BCUT2D eigenvalue weighted by atomic mass is 16.5. The van der Waals surface area contributed by atoms with Crippen LogP contribution in [0.3, 0.4) is 0 Å². The van der Waals surface area contributed by atoms with Gasteiger partial charge in [-0.05, 0) is 42.8 Å². The molecule has 4 aromatic rings. The Morgan fingerprint density at radius 2 is 1.65 bits per heavy atom. The number of para-hydroxylation sites is 2. The summed E-state index contributed by atoms with van der Waals surface area (Å²) in [4.78, 5) is 2.43. The third-order valence-corrected chi connectivity index (χ3v) is 6.17. The van der Waals surface area contributed by atoms with Crippen molar-refractivity contribution in [1.29, 1.82) is 0 Å². The minimum Gasteiger partial charge on any atom is -0.491 e. The average molecular weight is 458 g/mol. The molecular weight excluding hydrogens is 426 g/mol. The van der Waals surface area contributed by atoms with Gasteiger partial charge in [-0.15, -0.1) is 0 Å². The second kappa shape index (κ2) is 10.2. The molecule has 34 heavy (non-hydrogen) atoms. The van der Waals surface area contributed by atoms with Gasteiger partial charge in [0.2, 0.25) is 5.88 Å². The molecule has 0 saturated carbocycles. The summed E-state index contributed by atoms with van der Waals surface area (Å²) >= 11 is 0. The summed E-state index contributed by atoms with van der Waals surface area (Å²) in [5, 5.41) is 4.61. The summed E-state index contributed by atoms with van der Waals surface area (Å²) in [5.41, 5.74) is 4.32. The molecule has 0 radical (unpaired) electrons. The molecule has 3 aromatic carbocycles. The number of anilines is 1. The summed E-state index contributed by atoms with van der Waals surface area (Å²) in [6.07, 6.45) is 0. The number of aromatic nitrogens is 1. The second-order valence-electron chi connectivity index (χ2n) is 8.45. The molecule has 0 bridgehead atoms. The van der Waals surface area contributed by atoms with E-state index < -0.39 is 0 Å². The number of methoxy groups -OCH3 is 1. The molecule has 0 amide bonds. The first-order chi connectivity index (χ1) is 16.8.